The SMILES string of the molecule is COc1cccc(CNc2nc(CN3CCOCC3)nc3sc(C)c(C)c23)c1. The maximum Gasteiger partial charge on any atom is 0.146 e. The molecule has 1 aliphatic rings. The molecule has 1 aromatic carbocycles. The van der Waals surface area contributed by atoms with Crippen molar-refractivity contribution in [2.75, 3.05) is 38.7 Å². The van der Waals surface area contributed by atoms with Gasteiger partial charge >= 0.3 is 0 Å². The second kappa shape index (κ2) is 8.43. The molecule has 0 unspecified atom stereocenters. The van der Waals surface area contributed by atoms with Gasteiger partial charge in [-0.25, -0.2) is 9.97 Å². The Bertz CT molecular complexity index is 966. The summed E-state index contributed by atoms with van der Waals surface area (Å²) in [5.41, 5.74) is 2.41. The zero-order valence-electron chi connectivity index (χ0n) is 16.6. The van der Waals surface area contributed by atoms with Crippen LogP contribution in [0.25, 0.3) is 10.2 Å². The van der Waals surface area contributed by atoms with Crippen molar-refractivity contribution >= 4 is 27.4 Å². The summed E-state index contributed by atoms with van der Waals surface area (Å²) in [6.07, 6.45) is 0. The van der Waals surface area contributed by atoms with E-state index in [0.29, 0.717) is 6.54 Å². The fraction of sp³-hybridized carbons (Fsp3) is 0.429. The highest BCUT2D eigenvalue weighted by Crippen LogP contribution is 2.33. The van der Waals surface area contributed by atoms with Gasteiger partial charge in [0.25, 0.3) is 0 Å². The summed E-state index contributed by atoms with van der Waals surface area (Å²) in [5.74, 6) is 2.64. The molecule has 1 N–H and O–H groups in total. The number of hydrogen-bond donors (Lipinski definition) is 1. The van der Waals surface area contributed by atoms with Crippen LogP contribution in [0.15, 0.2) is 24.3 Å². The van der Waals surface area contributed by atoms with E-state index >= 15 is 0 Å². The topological polar surface area (TPSA) is 59.5 Å². The van der Waals surface area contributed by atoms with Crippen LogP contribution in [0.2, 0.25) is 0 Å². The molecular weight excluding hydrogens is 372 g/mol. The Morgan fingerprint density at radius 3 is 2.82 bits per heavy atom. The van der Waals surface area contributed by atoms with E-state index in [1.807, 2.05) is 18.2 Å². The van der Waals surface area contributed by atoms with E-state index in [2.05, 4.69) is 30.1 Å². The minimum Gasteiger partial charge on any atom is -0.497 e. The van der Waals surface area contributed by atoms with Crippen molar-refractivity contribution in [3.8, 4) is 5.75 Å². The maximum absolute atomic E-state index is 5.45. The third kappa shape index (κ3) is 4.11. The molecule has 0 spiro atoms. The van der Waals surface area contributed by atoms with Gasteiger partial charge in [0.1, 0.15) is 22.2 Å². The van der Waals surface area contributed by atoms with Crippen molar-refractivity contribution < 1.29 is 9.47 Å². The van der Waals surface area contributed by atoms with Gasteiger partial charge in [0.2, 0.25) is 0 Å². The highest BCUT2D eigenvalue weighted by Gasteiger charge is 2.17. The molecule has 1 aliphatic heterocycles. The van der Waals surface area contributed by atoms with Gasteiger partial charge in [0, 0.05) is 24.5 Å². The summed E-state index contributed by atoms with van der Waals surface area (Å²) < 4.78 is 10.8. The first kappa shape index (κ1) is 19.1. The van der Waals surface area contributed by atoms with Gasteiger partial charge in [0.05, 0.1) is 32.3 Å². The second-order valence-corrected chi connectivity index (χ2v) is 8.25. The standard InChI is InChI=1S/C21H26N4O2S/c1-14-15(2)28-21-19(14)20(22-12-16-5-4-6-17(11-16)26-3)23-18(24-21)13-25-7-9-27-10-8-25/h4-6,11H,7-10,12-13H2,1-3H3,(H,22,23,24). The highest BCUT2D eigenvalue weighted by atomic mass is 32.1. The number of thiophene rings is 1. The number of ether oxygens (including phenoxy) is 2. The summed E-state index contributed by atoms with van der Waals surface area (Å²) in [6.45, 7) is 9.15. The molecule has 0 saturated carbocycles. The lowest BCUT2D eigenvalue weighted by Gasteiger charge is -2.25. The van der Waals surface area contributed by atoms with Gasteiger partial charge in [-0.1, -0.05) is 12.1 Å². The van der Waals surface area contributed by atoms with Crippen LogP contribution in [0.4, 0.5) is 5.82 Å². The molecule has 0 bridgehead atoms. The number of rotatable bonds is 6. The van der Waals surface area contributed by atoms with Crippen molar-refractivity contribution in [1.29, 1.82) is 0 Å². The molecule has 1 fully saturated rings. The summed E-state index contributed by atoms with van der Waals surface area (Å²) in [6, 6.07) is 8.11. The predicted octanol–water partition coefficient (Wildman–Crippen LogP) is 3.76. The fourth-order valence-electron chi connectivity index (χ4n) is 3.42. The van der Waals surface area contributed by atoms with Crippen molar-refractivity contribution in [3.63, 3.8) is 0 Å². The number of aromatic nitrogens is 2. The Morgan fingerprint density at radius 2 is 2.04 bits per heavy atom. The van der Waals surface area contributed by atoms with E-state index in [9.17, 15) is 0 Å². The predicted molar refractivity (Wildman–Crippen MR) is 113 cm³/mol. The van der Waals surface area contributed by atoms with Gasteiger partial charge in [-0.05, 0) is 37.1 Å². The lowest BCUT2D eigenvalue weighted by molar-refractivity contribution is 0.0331. The molecule has 3 aromatic rings. The number of hydrogen-bond acceptors (Lipinski definition) is 7. The number of aryl methyl sites for hydroxylation is 2. The largest absolute Gasteiger partial charge is 0.497 e. The van der Waals surface area contributed by atoms with E-state index in [-0.39, 0.29) is 0 Å². The molecule has 1 saturated heterocycles. The number of nitrogens with one attached hydrogen (secondary N) is 1. The van der Waals surface area contributed by atoms with Crippen molar-refractivity contribution in [2.45, 2.75) is 26.9 Å². The van der Waals surface area contributed by atoms with Gasteiger partial charge in [-0.15, -0.1) is 11.3 Å². The molecule has 0 amide bonds. The average molecular weight is 399 g/mol. The Hall–Kier alpha value is -2.22. The monoisotopic (exact) mass is 398 g/mol. The number of benzene rings is 1. The third-order valence-electron chi connectivity index (χ3n) is 5.14. The first-order valence-corrected chi connectivity index (χ1v) is 10.4. The number of anilines is 1. The number of methoxy groups -OCH3 is 1. The molecule has 4 rings (SSSR count). The van der Waals surface area contributed by atoms with Crippen molar-refractivity contribution in [2.24, 2.45) is 0 Å². The van der Waals surface area contributed by atoms with Crippen LogP contribution >= 0.6 is 11.3 Å². The third-order valence-corrected chi connectivity index (χ3v) is 6.24. The molecule has 6 nitrogen and oxygen atoms in total. The van der Waals surface area contributed by atoms with E-state index < -0.39 is 0 Å². The van der Waals surface area contributed by atoms with Crippen LogP contribution in [0, 0.1) is 13.8 Å². The minimum atomic E-state index is 0.689. The van der Waals surface area contributed by atoms with Crippen molar-refractivity contribution in [1.82, 2.24) is 14.9 Å². The lowest BCUT2D eigenvalue weighted by atomic mass is 10.2. The molecular formula is C21H26N4O2S. The van der Waals surface area contributed by atoms with Gasteiger partial charge in [0.15, 0.2) is 0 Å². The average Bonchev–Trinajstić information content (AvgIpc) is 3.01. The summed E-state index contributed by atoms with van der Waals surface area (Å²) in [7, 11) is 1.69. The highest BCUT2D eigenvalue weighted by molar-refractivity contribution is 7.18. The zero-order valence-corrected chi connectivity index (χ0v) is 17.4. The van der Waals surface area contributed by atoms with Crippen LogP contribution in [-0.2, 0) is 17.8 Å². The Balaban J connectivity index is 1.62. The molecule has 3 heterocycles. The molecule has 2 aromatic heterocycles. The Labute approximate surface area is 169 Å². The molecule has 0 atom stereocenters. The van der Waals surface area contributed by atoms with E-state index in [0.717, 1.165) is 66.0 Å². The number of nitrogens with zero attached hydrogens (tertiary/aromatic N) is 3. The molecule has 148 valence electrons. The van der Waals surface area contributed by atoms with E-state index in [4.69, 9.17) is 19.4 Å². The van der Waals surface area contributed by atoms with Gasteiger partial charge in [-0.3, -0.25) is 4.90 Å². The van der Waals surface area contributed by atoms with E-state index in [1.165, 1.54) is 10.4 Å². The Morgan fingerprint density at radius 1 is 1.21 bits per heavy atom. The first-order valence-electron chi connectivity index (χ1n) is 9.57. The zero-order chi connectivity index (χ0) is 19.5. The summed E-state index contributed by atoms with van der Waals surface area (Å²) in [4.78, 5) is 14.5. The van der Waals surface area contributed by atoms with Crippen LogP contribution < -0.4 is 10.1 Å². The summed E-state index contributed by atoms with van der Waals surface area (Å²) >= 11 is 1.74. The Kier molecular flexibility index (Phi) is 5.75. The van der Waals surface area contributed by atoms with Crippen LogP contribution in [0.3, 0.4) is 0 Å². The lowest BCUT2D eigenvalue weighted by Crippen LogP contribution is -2.36. The second-order valence-electron chi connectivity index (χ2n) is 7.05. The van der Waals surface area contributed by atoms with Crippen LogP contribution in [0.5, 0.6) is 5.75 Å². The van der Waals surface area contributed by atoms with Crippen LogP contribution in [-0.4, -0.2) is 48.3 Å². The fourth-order valence-corrected chi connectivity index (χ4v) is 4.47. The molecule has 28 heavy (non-hydrogen) atoms. The normalized spacial score (nSPS) is 15.1. The van der Waals surface area contributed by atoms with Gasteiger partial charge < -0.3 is 14.8 Å². The first-order chi connectivity index (χ1) is 13.6. The van der Waals surface area contributed by atoms with Crippen molar-refractivity contribution in [3.05, 3.63) is 46.1 Å². The molecule has 0 aliphatic carbocycles. The summed E-state index contributed by atoms with van der Waals surface area (Å²) in [5, 5.41) is 4.68. The van der Waals surface area contributed by atoms with Crippen LogP contribution in [0.1, 0.15) is 21.8 Å². The molecule has 7 heteroatoms. The maximum atomic E-state index is 5.45. The smallest absolute Gasteiger partial charge is 0.146 e. The minimum absolute atomic E-state index is 0.689. The van der Waals surface area contributed by atoms with E-state index in [1.54, 1.807) is 18.4 Å². The van der Waals surface area contributed by atoms with Gasteiger partial charge in [-0.2, -0.15) is 0 Å². The number of fused-ring (bicyclic) bond motifs is 1. The number of morpholine rings is 1. The molecule has 0 radical (unpaired) electrons. The quantitative estimate of drug-likeness (QED) is 0.682.